The van der Waals surface area contributed by atoms with Gasteiger partial charge in [0.25, 0.3) is 3.79 Å². The molecular weight excluding hydrogens is 473 g/mol. The van der Waals surface area contributed by atoms with Crippen molar-refractivity contribution in [3.63, 3.8) is 0 Å². The number of ether oxygens (including phenoxy) is 4. The van der Waals surface area contributed by atoms with Crippen molar-refractivity contribution in [2.45, 2.75) is 61.9 Å². The molecule has 2 aromatic rings. The Morgan fingerprint density at radius 1 is 0.906 bits per heavy atom. The zero-order valence-corrected chi connectivity index (χ0v) is 20.3. The van der Waals surface area contributed by atoms with Crippen LogP contribution in [-0.4, -0.2) is 34.3 Å². The van der Waals surface area contributed by atoms with E-state index in [1.165, 1.54) is 0 Å². The van der Waals surface area contributed by atoms with Crippen LogP contribution in [0.5, 0.6) is 0 Å². The van der Waals surface area contributed by atoms with Crippen LogP contribution < -0.4 is 0 Å². The summed E-state index contributed by atoms with van der Waals surface area (Å²) in [4.78, 5) is 0. The van der Waals surface area contributed by atoms with Crippen LogP contribution in [-0.2, 0) is 32.2 Å². The number of hydrogen-bond donors (Lipinski definition) is 1. The van der Waals surface area contributed by atoms with Crippen molar-refractivity contribution in [1.29, 1.82) is 5.41 Å². The zero-order valence-electron chi connectivity index (χ0n) is 18.0. The van der Waals surface area contributed by atoms with Crippen LogP contribution in [0.2, 0.25) is 0 Å². The quantitative estimate of drug-likeness (QED) is 0.263. The number of hydrogen-bond acceptors (Lipinski definition) is 5. The molecule has 0 aromatic heterocycles. The third kappa shape index (κ3) is 6.83. The van der Waals surface area contributed by atoms with Crippen LogP contribution in [0.1, 0.15) is 31.4 Å². The molecule has 0 radical (unpaired) electrons. The molecule has 3 rings (SSSR count). The average molecular weight is 501 g/mol. The molecule has 174 valence electrons. The van der Waals surface area contributed by atoms with Gasteiger partial charge < -0.3 is 18.9 Å². The molecule has 0 spiro atoms. The normalized spacial score (nSPS) is 26.0. The number of halogens is 3. The SMILES string of the molecule is CC[C@H]1OC(OC(=N)C(Cl)(Cl)Cl)[C@H](OCc2ccccc2)[C@@H](OCc2ccccc2)[C@@H]1C. The molecular formula is C24H28Cl3NO4. The van der Waals surface area contributed by atoms with E-state index in [1.807, 2.05) is 67.6 Å². The number of benzene rings is 2. The zero-order chi connectivity index (χ0) is 23.1. The largest absolute Gasteiger partial charge is 0.445 e. The van der Waals surface area contributed by atoms with Crippen LogP contribution in [0.3, 0.4) is 0 Å². The van der Waals surface area contributed by atoms with E-state index in [-0.39, 0.29) is 18.1 Å². The van der Waals surface area contributed by atoms with E-state index in [4.69, 9.17) is 59.2 Å². The summed E-state index contributed by atoms with van der Waals surface area (Å²) < 4.78 is 22.4. The second kappa shape index (κ2) is 11.7. The van der Waals surface area contributed by atoms with Crippen molar-refractivity contribution in [2.75, 3.05) is 0 Å². The highest BCUT2D eigenvalue weighted by molar-refractivity contribution is 6.76. The molecule has 5 nitrogen and oxygen atoms in total. The number of rotatable bonds is 8. The Balaban J connectivity index is 1.83. The Hall–Kier alpha value is -1.34. The summed E-state index contributed by atoms with van der Waals surface area (Å²) >= 11 is 17.6. The molecule has 0 amide bonds. The molecule has 1 fully saturated rings. The standard InChI is InChI=1S/C24H28Cl3NO4/c1-3-19-16(2)20(29-14-17-10-6-4-7-11-17)21(30-15-18-12-8-5-9-13-18)22(31-19)32-23(28)24(25,26)27/h4-13,16,19-22,28H,3,14-15H2,1-2H3/t16-,19-,20+,21-,22?/m1/s1. The minimum Gasteiger partial charge on any atom is -0.445 e. The lowest BCUT2D eigenvalue weighted by Gasteiger charge is -2.45. The molecule has 1 aliphatic rings. The van der Waals surface area contributed by atoms with Crippen molar-refractivity contribution in [3.05, 3.63) is 71.8 Å². The molecule has 0 aliphatic carbocycles. The molecule has 1 aliphatic heterocycles. The van der Waals surface area contributed by atoms with Gasteiger partial charge in [0.05, 0.1) is 25.4 Å². The van der Waals surface area contributed by atoms with Gasteiger partial charge in [0.15, 0.2) is 0 Å². The van der Waals surface area contributed by atoms with Gasteiger partial charge in [-0.25, -0.2) is 0 Å². The fraction of sp³-hybridized carbons (Fsp3) is 0.458. The predicted octanol–water partition coefficient (Wildman–Crippen LogP) is 6.29. The van der Waals surface area contributed by atoms with Crippen molar-refractivity contribution in [1.82, 2.24) is 0 Å². The van der Waals surface area contributed by atoms with Crippen molar-refractivity contribution in [3.8, 4) is 0 Å². The van der Waals surface area contributed by atoms with Crippen LogP contribution in [0, 0.1) is 11.3 Å². The summed E-state index contributed by atoms with van der Waals surface area (Å²) in [6.45, 7) is 4.83. The van der Waals surface area contributed by atoms with E-state index in [2.05, 4.69) is 6.92 Å². The van der Waals surface area contributed by atoms with E-state index >= 15 is 0 Å². The minimum absolute atomic E-state index is 0.0197. The monoisotopic (exact) mass is 499 g/mol. The molecule has 0 bridgehead atoms. The molecule has 32 heavy (non-hydrogen) atoms. The molecule has 8 heteroatoms. The van der Waals surface area contributed by atoms with Crippen LogP contribution in [0.25, 0.3) is 0 Å². The lowest BCUT2D eigenvalue weighted by molar-refractivity contribution is -0.285. The van der Waals surface area contributed by atoms with Gasteiger partial charge in [-0.3, -0.25) is 5.41 Å². The fourth-order valence-electron chi connectivity index (χ4n) is 3.74. The first-order valence-electron chi connectivity index (χ1n) is 10.6. The Kier molecular flexibility index (Phi) is 9.23. The van der Waals surface area contributed by atoms with E-state index in [0.717, 1.165) is 17.5 Å². The smallest absolute Gasteiger partial charge is 0.265 e. The second-order valence-corrected chi connectivity index (χ2v) is 10.1. The van der Waals surface area contributed by atoms with Gasteiger partial charge in [0, 0.05) is 5.92 Å². The summed E-state index contributed by atoms with van der Waals surface area (Å²) in [6, 6.07) is 19.7. The van der Waals surface area contributed by atoms with E-state index < -0.39 is 22.1 Å². The van der Waals surface area contributed by atoms with E-state index in [0.29, 0.717) is 13.2 Å². The molecule has 2 aromatic carbocycles. The van der Waals surface area contributed by atoms with Gasteiger partial charge in [-0.05, 0) is 17.5 Å². The van der Waals surface area contributed by atoms with Crippen LogP contribution in [0.15, 0.2) is 60.7 Å². The van der Waals surface area contributed by atoms with Crippen LogP contribution >= 0.6 is 34.8 Å². The summed E-state index contributed by atoms with van der Waals surface area (Å²) in [5, 5.41) is 8.04. The first-order valence-corrected chi connectivity index (χ1v) is 11.7. The third-order valence-corrected chi connectivity index (χ3v) is 5.98. The molecule has 0 saturated carbocycles. The van der Waals surface area contributed by atoms with Gasteiger partial charge in [-0.15, -0.1) is 0 Å². The lowest BCUT2D eigenvalue weighted by Crippen LogP contribution is -2.57. The summed E-state index contributed by atoms with van der Waals surface area (Å²) in [5.41, 5.74) is 2.04. The molecule has 1 N–H and O–H groups in total. The topological polar surface area (TPSA) is 60.8 Å². The first-order chi connectivity index (χ1) is 15.3. The summed E-state index contributed by atoms with van der Waals surface area (Å²) in [6.07, 6.45) is -1.38. The first kappa shape index (κ1) is 25.3. The van der Waals surface area contributed by atoms with Crippen molar-refractivity contribution >= 4 is 40.7 Å². The third-order valence-electron chi connectivity index (χ3n) is 5.47. The Labute approximate surface area is 204 Å². The number of nitrogens with one attached hydrogen (secondary N) is 1. The predicted molar refractivity (Wildman–Crippen MR) is 127 cm³/mol. The molecule has 1 unspecified atom stereocenters. The van der Waals surface area contributed by atoms with Crippen molar-refractivity contribution in [2.24, 2.45) is 5.92 Å². The minimum atomic E-state index is -2.00. The highest BCUT2D eigenvalue weighted by Gasteiger charge is 2.47. The number of alkyl halides is 3. The Bertz CT molecular complexity index is 847. The fourth-order valence-corrected chi connectivity index (χ4v) is 3.87. The average Bonchev–Trinajstić information content (AvgIpc) is 2.78. The Morgan fingerprint density at radius 3 is 1.88 bits per heavy atom. The van der Waals surface area contributed by atoms with Crippen LogP contribution in [0.4, 0.5) is 0 Å². The molecule has 1 saturated heterocycles. The highest BCUT2D eigenvalue weighted by Crippen LogP contribution is 2.36. The maximum atomic E-state index is 8.04. The van der Waals surface area contributed by atoms with Gasteiger partial charge in [0.2, 0.25) is 12.2 Å². The van der Waals surface area contributed by atoms with Gasteiger partial charge in [-0.2, -0.15) is 0 Å². The van der Waals surface area contributed by atoms with E-state index in [1.54, 1.807) is 0 Å². The molecule has 5 atom stereocenters. The second-order valence-electron chi connectivity index (χ2n) is 7.78. The highest BCUT2D eigenvalue weighted by atomic mass is 35.6. The van der Waals surface area contributed by atoms with Gasteiger partial charge in [0.1, 0.15) is 6.10 Å². The Morgan fingerprint density at radius 2 is 1.41 bits per heavy atom. The molecule has 1 heterocycles. The lowest BCUT2D eigenvalue weighted by atomic mass is 9.89. The maximum absolute atomic E-state index is 8.04. The van der Waals surface area contributed by atoms with E-state index in [9.17, 15) is 0 Å². The maximum Gasteiger partial charge on any atom is 0.265 e. The summed E-state index contributed by atoms with van der Waals surface area (Å²) in [7, 11) is 0. The van der Waals surface area contributed by atoms with Gasteiger partial charge >= 0.3 is 0 Å². The summed E-state index contributed by atoms with van der Waals surface area (Å²) in [5.74, 6) is -0.502. The van der Waals surface area contributed by atoms with Crippen molar-refractivity contribution < 1.29 is 18.9 Å². The van der Waals surface area contributed by atoms with Gasteiger partial charge in [-0.1, -0.05) is 109 Å².